The van der Waals surface area contributed by atoms with Gasteiger partial charge in [0.15, 0.2) is 18.4 Å². The summed E-state index contributed by atoms with van der Waals surface area (Å²) in [6.45, 7) is 6.84. The Hall–Kier alpha value is -4.14. The highest BCUT2D eigenvalue weighted by Crippen LogP contribution is 2.47. The van der Waals surface area contributed by atoms with Crippen LogP contribution in [-0.2, 0) is 9.47 Å². The molecule has 3 aromatic carbocycles. The number of hydrogen-bond acceptors (Lipinski definition) is 9. The number of amides is 1. The molecule has 4 atom stereocenters. The number of carbonyl (C=O) groups is 1. The molecular weight excluding hydrogens is 730 g/mol. The molecule has 4 aromatic rings. The van der Waals surface area contributed by atoms with Crippen LogP contribution in [0.3, 0.4) is 0 Å². The van der Waals surface area contributed by atoms with E-state index in [1.165, 1.54) is 25.3 Å². The van der Waals surface area contributed by atoms with Gasteiger partial charge in [0.1, 0.15) is 41.3 Å². The fourth-order valence-corrected chi connectivity index (χ4v) is 9.13. The number of ether oxygens (including phenoxy) is 4. The van der Waals surface area contributed by atoms with E-state index >= 15 is 13.2 Å². The van der Waals surface area contributed by atoms with Crippen LogP contribution in [0.4, 0.5) is 28.2 Å². The van der Waals surface area contributed by atoms with Crippen LogP contribution in [0.15, 0.2) is 30.3 Å². The zero-order valence-corrected chi connectivity index (χ0v) is 31.3. The number of rotatable bonds is 8. The molecule has 4 fully saturated rings. The number of benzene rings is 3. The van der Waals surface area contributed by atoms with Crippen molar-refractivity contribution in [2.75, 3.05) is 51.6 Å². The van der Waals surface area contributed by atoms with Crippen molar-refractivity contribution in [3.63, 3.8) is 0 Å². The van der Waals surface area contributed by atoms with E-state index in [9.17, 15) is 9.18 Å². The summed E-state index contributed by atoms with van der Waals surface area (Å²) in [6.07, 6.45) is 1.79. The van der Waals surface area contributed by atoms with Gasteiger partial charge in [-0.15, -0.1) is 0 Å². The summed E-state index contributed by atoms with van der Waals surface area (Å²) < 4.78 is 87.2. The number of piperazine rings is 1. The average molecular weight is 772 g/mol. The molecule has 5 heterocycles. The maximum Gasteiger partial charge on any atom is 0.410 e. The van der Waals surface area contributed by atoms with Crippen molar-refractivity contribution in [1.82, 2.24) is 19.8 Å². The predicted molar refractivity (Wildman–Crippen MR) is 196 cm³/mol. The summed E-state index contributed by atoms with van der Waals surface area (Å²) in [4.78, 5) is 28.0. The molecule has 4 aliphatic rings. The van der Waals surface area contributed by atoms with Gasteiger partial charge in [-0.25, -0.2) is 22.4 Å². The number of methoxy groups -OCH3 is 1. The Morgan fingerprint density at radius 2 is 1.78 bits per heavy atom. The minimum absolute atomic E-state index is 0.00449. The van der Waals surface area contributed by atoms with E-state index in [0.717, 1.165) is 13.0 Å². The van der Waals surface area contributed by atoms with E-state index in [0.29, 0.717) is 31.2 Å². The first-order valence-electron chi connectivity index (χ1n) is 18.3. The number of aromatic nitrogens is 2. The van der Waals surface area contributed by atoms with E-state index in [4.69, 9.17) is 30.5 Å². The fourth-order valence-electron chi connectivity index (χ4n) is 8.85. The molecule has 4 aliphatic heterocycles. The smallest absolute Gasteiger partial charge is 0.410 e. The Bertz CT molecular complexity index is 2120. The van der Waals surface area contributed by atoms with Crippen molar-refractivity contribution in [2.45, 2.75) is 82.3 Å². The van der Waals surface area contributed by atoms with Gasteiger partial charge in [-0.3, -0.25) is 9.80 Å². The maximum atomic E-state index is 17.3. The first-order chi connectivity index (χ1) is 25.8. The van der Waals surface area contributed by atoms with Crippen LogP contribution in [0.1, 0.15) is 52.9 Å². The second-order valence-corrected chi connectivity index (χ2v) is 16.1. The van der Waals surface area contributed by atoms with E-state index in [-0.39, 0.29) is 78.9 Å². The van der Waals surface area contributed by atoms with E-state index < -0.39 is 57.0 Å². The van der Waals surface area contributed by atoms with Gasteiger partial charge in [0.2, 0.25) is 0 Å². The molecule has 0 spiro atoms. The van der Waals surface area contributed by atoms with E-state index in [1.807, 2.05) is 0 Å². The summed E-state index contributed by atoms with van der Waals surface area (Å²) in [7, 11) is 1.43. The molecule has 8 rings (SSSR count). The number of nitrogens with zero attached hydrogens (tertiary/aromatic N) is 5. The van der Waals surface area contributed by atoms with Crippen LogP contribution in [-0.4, -0.2) is 102 Å². The summed E-state index contributed by atoms with van der Waals surface area (Å²) in [5.74, 6) is -2.43. The molecule has 10 nitrogen and oxygen atoms in total. The lowest BCUT2D eigenvalue weighted by Gasteiger charge is -2.42. The summed E-state index contributed by atoms with van der Waals surface area (Å²) in [6, 6.07) is 6.50. The fraction of sp³-hybridized carbons (Fsp3) is 0.513. The third kappa shape index (κ3) is 6.43. The average Bonchev–Trinajstić information content (AvgIpc) is 3.74. The minimum atomic E-state index is -1.01. The van der Waals surface area contributed by atoms with Gasteiger partial charge in [0, 0.05) is 49.7 Å². The number of hydrogen-bond donors (Lipinski definition) is 0. The van der Waals surface area contributed by atoms with Crippen molar-refractivity contribution >= 4 is 45.2 Å². The Kier molecular flexibility index (Phi) is 9.45. The van der Waals surface area contributed by atoms with Crippen molar-refractivity contribution in [3.05, 3.63) is 52.8 Å². The molecule has 288 valence electrons. The molecule has 0 radical (unpaired) electrons. The van der Waals surface area contributed by atoms with Gasteiger partial charge in [-0.05, 0) is 76.6 Å². The molecule has 2 bridgehead atoms. The number of halogens is 5. The SMILES string of the molecule is COCOc1cc(-c2c(Cl)c(F)c3c(N4C[C@H]5CC[C@@H](C4)N5C(=O)OC(C)(C)C)nc(OC[C@@]45CCCN4C[C@H](F)C5)nc3c2F)c2c(F)cccc2c1. The minimum Gasteiger partial charge on any atom is -0.468 e. The second kappa shape index (κ2) is 13.9. The number of alkyl halides is 1. The van der Waals surface area contributed by atoms with Crippen molar-refractivity contribution in [1.29, 1.82) is 0 Å². The molecule has 15 heteroatoms. The first kappa shape index (κ1) is 36.8. The van der Waals surface area contributed by atoms with Crippen LogP contribution in [0, 0.1) is 17.5 Å². The van der Waals surface area contributed by atoms with Gasteiger partial charge < -0.3 is 23.8 Å². The standard InChI is InChI=1S/C39H42ClF4N5O5/c1-38(2,3)54-37(50)49-23-9-10-24(49)18-47(17-23)35-30-32(43)31(40)29(26-14-25(53-20-51-4)13-21-7-5-8-27(42)28(21)26)33(44)34(30)45-36(46-35)52-19-39-11-6-12-48(39)16-22(41)15-39/h5,7-8,13-14,22-24H,6,9-12,15-20H2,1-4H3/t22-,23-,24+,39+/m1/s1. The number of anilines is 1. The molecular formula is C39H42ClF4N5O5. The highest BCUT2D eigenvalue weighted by Gasteiger charge is 2.50. The molecule has 0 aliphatic carbocycles. The van der Waals surface area contributed by atoms with Gasteiger partial charge in [0.25, 0.3) is 0 Å². The predicted octanol–water partition coefficient (Wildman–Crippen LogP) is 8.05. The number of carbonyl (C=O) groups excluding carboxylic acids is 1. The molecule has 54 heavy (non-hydrogen) atoms. The van der Waals surface area contributed by atoms with Crippen molar-refractivity contribution < 1.29 is 41.3 Å². The van der Waals surface area contributed by atoms with Gasteiger partial charge >= 0.3 is 12.1 Å². The molecule has 1 amide bonds. The second-order valence-electron chi connectivity index (χ2n) is 15.8. The third-order valence-electron chi connectivity index (χ3n) is 11.1. The van der Waals surface area contributed by atoms with Crippen molar-refractivity contribution in [3.8, 4) is 22.9 Å². The summed E-state index contributed by atoms with van der Waals surface area (Å²) in [5, 5.41) is -0.503. The molecule has 4 saturated heterocycles. The Morgan fingerprint density at radius 3 is 2.50 bits per heavy atom. The third-order valence-corrected chi connectivity index (χ3v) is 11.4. The molecule has 0 unspecified atom stereocenters. The zero-order valence-electron chi connectivity index (χ0n) is 30.6. The Labute approximate surface area is 315 Å². The Morgan fingerprint density at radius 1 is 1.02 bits per heavy atom. The van der Waals surface area contributed by atoms with E-state index in [1.54, 1.807) is 42.7 Å². The summed E-state index contributed by atoms with van der Waals surface area (Å²) >= 11 is 6.77. The monoisotopic (exact) mass is 771 g/mol. The van der Waals surface area contributed by atoms with Crippen LogP contribution < -0.4 is 14.4 Å². The van der Waals surface area contributed by atoms with Crippen molar-refractivity contribution in [2.24, 2.45) is 0 Å². The van der Waals surface area contributed by atoms with E-state index in [2.05, 4.69) is 14.9 Å². The molecule has 1 aromatic heterocycles. The largest absolute Gasteiger partial charge is 0.468 e. The number of fused-ring (bicyclic) bond motifs is 5. The topological polar surface area (TPSA) is 89.5 Å². The zero-order chi connectivity index (χ0) is 38.1. The van der Waals surface area contributed by atoms with Crippen LogP contribution >= 0.6 is 11.6 Å². The Balaban J connectivity index is 1.27. The van der Waals surface area contributed by atoms with Crippen LogP contribution in [0.5, 0.6) is 11.8 Å². The lowest BCUT2D eigenvalue weighted by Crippen LogP contribution is -2.57. The van der Waals surface area contributed by atoms with Gasteiger partial charge in [-0.1, -0.05) is 23.7 Å². The van der Waals surface area contributed by atoms with Gasteiger partial charge in [0.05, 0.1) is 28.0 Å². The van der Waals surface area contributed by atoms with Crippen LogP contribution in [0.2, 0.25) is 5.02 Å². The van der Waals surface area contributed by atoms with Crippen LogP contribution in [0.25, 0.3) is 32.8 Å². The quantitative estimate of drug-likeness (QED) is 0.100. The lowest BCUT2D eigenvalue weighted by molar-refractivity contribution is 0.0122. The van der Waals surface area contributed by atoms with Gasteiger partial charge in [-0.2, -0.15) is 9.97 Å². The summed E-state index contributed by atoms with van der Waals surface area (Å²) in [5.41, 5.74) is -2.15. The highest BCUT2D eigenvalue weighted by atomic mass is 35.5. The highest BCUT2D eigenvalue weighted by molar-refractivity contribution is 6.35. The maximum absolute atomic E-state index is 17.3. The lowest BCUT2D eigenvalue weighted by atomic mass is 9.95. The molecule has 0 saturated carbocycles. The normalized spacial score (nSPS) is 24.1. The first-order valence-corrected chi connectivity index (χ1v) is 18.7. The molecule has 0 N–H and O–H groups in total.